The third-order valence-electron chi connectivity index (χ3n) is 2.97. The van der Waals surface area contributed by atoms with E-state index in [0.29, 0.717) is 5.15 Å². The van der Waals surface area contributed by atoms with Gasteiger partial charge in [-0.25, -0.2) is 9.78 Å². The fourth-order valence-electron chi connectivity index (χ4n) is 1.88. The predicted octanol–water partition coefficient (Wildman–Crippen LogP) is 4.10. The number of hydrogen-bond donors (Lipinski definition) is 2. The molecule has 110 valence electrons. The van der Waals surface area contributed by atoms with Crippen LogP contribution >= 0.6 is 23.5 Å². The number of hydrogen-bond acceptors (Lipinski definition) is 5. The number of carboxylic acid groups (broad SMARTS) is 1. The second-order valence-corrected chi connectivity index (χ2v) is 5.61. The number of rotatable bonds is 4. The molecule has 22 heavy (non-hydrogen) atoms. The standard InChI is InChI=1S/C15H10ClN3O2S/c16-14-11-2-1-7-17-13(11)12(8-18-14)22-19-10-5-3-9(4-6-10)15(20)21/h1-8,19H,(H,20,21). The van der Waals surface area contributed by atoms with E-state index < -0.39 is 5.97 Å². The SMILES string of the molecule is O=C(O)c1ccc(NSc2cnc(Cl)c3cccnc23)cc1. The summed E-state index contributed by atoms with van der Waals surface area (Å²) in [4.78, 5) is 20.1. The lowest BCUT2D eigenvalue weighted by atomic mass is 10.2. The molecule has 0 aliphatic heterocycles. The summed E-state index contributed by atoms with van der Waals surface area (Å²) in [5, 5.41) is 10.1. The van der Waals surface area contributed by atoms with E-state index in [1.54, 1.807) is 36.7 Å². The number of pyridine rings is 2. The van der Waals surface area contributed by atoms with E-state index >= 15 is 0 Å². The van der Waals surface area contributed by atoms with Gasteiger partial charge >= 0.3 is 5.97 Å². The molecule has 0 radical (unpaired) electrons. The summed E-state index contributed by atoms with van der Waals surface area (Å²) in [5.41, 5.74) is 1.80. The van der Waals surface area contributed by atoms with E-state index in [-0.39, 0.29) is 5.56 Å². The molecule has 2 heterocycles. The average Bonchev–Trinajstić information content (AvgIpc) is 2.55. The number of anilines is 1. The molecular formula is C15H10ClN3O2S. The molecule has 3 aromatic rings. The highest BCUT2D eigenvalue weighted by Crippen LogP contribution is 2.29. The average molecular weight is 332 g/mol. The molecule has 0 atom stereocenters. The van der Waals surface area contributed by atoms with Crippen molar-refractivity contribution in [2.75, 3.05) is 4.72 Å². The first kappa shape index (κ1) is 14.6. The number of carbonyl (C=O) groups is 1. The summed E-state index contributed by atoms with van der Waals surface area (Å²) in [5.74, 6) is -0.948. The van der Waals surface area contributed by atoms with Crippen LogP contribution in [0.1, 0.15) is 10.4 Å². The Morgan fingerprint density at radius 3 is 2.68 bits per heavy atom. The zero-order chi connectivity index (χ0) is 15.5. The monoisotopic (exact) mass is 331 g/mol. The Balaban J connectivity index is 1.82. The molecule has 0 aliphatic carbocycles. The zero-order valence-corrected chi connectivity index (χ0v) is 12.7. The molecule has 0 aliphatic rings. The normalized spacial score (nSPS) is 10.6. The van der Waals surface area contributed by atoms with Crippen molar-refractivity contribution < 1.29 is 9.90 Å². The van der Waals surface area contributed by atoms with Crippen LogP contribution in [0, 0.1) is 0 Å². The van der Waals surface area contributed by atoms with E-state index in [1.165, 1.54) is 11.9 Å². The first-order valence-electron chi connectivity index (χ1n) is 6.30. The Kier molecular flexibility index (Phi) is 4.13. The lowest BCUT2D eigenvalue weighted by molar-refractivity contribution is 0.0697. The number of halogens is 1. The molecule has 2 N–H and O–H groups in total. The molecule has 2 aromatic heterocycles. The van der Waals surface area contributed by atoms with Gasteiger partial charge in [0.1, 0.15) is 5.15 Å². The van der Waals surface area contributed by atoms with Crippen LogP contribution in [0.3, 0.4) is 0 Å². The van der Waals surface area contributed by atoms with Crippen molar-refractivity contribution in [2.24, 2.45) is 0 Å². The predicted molar refractivity (Wildman–Crippen MR) is 87.4 cm³/mol. The maximum atomic E-state index is 10.8. The van der Waals surface area contributed by atoms with Gasteiger partial charge < -0.3 is 9.83 Å². The molecule has 0 saturated heterocycles. The smallest absolute Gasteiger partial charge is 0.335 e. The number of carboxylic acids is 1. The molecule has 0 saturated carbocycles. The number of fused-ring (bicyclic) bond motifs is 1. The lowest BCUT2D eigenvalue weighted by Crippen LogP contribution is -1.96. The van der Waals surface area contributed by atoms with Crippen molar-refractivity contribution in [1.29, 1.82) is 0 Å². The summed E-state index contributed by atoms with van der Waals surface area (Å²) in [6.45, 7) is 0. The second kappa shape index (κ2) is 6.21. The highest BCUT2D eigenvalue weighted by molar-refractivity contribution is 8.00. The van der Waals surface area contributed by atoms with Crippen molar-refractivity contribution in [3.05, 3.63) is 59.5 Å². The van der Waals surface area contributed by atoms with Crippen molar-refractivity contribution in [1.82, 2.24) is 9.97 Å². The number of benzene rings is 1. The van der Waals surface area contributed by atoms with Gasteiger partial charge in [0.15, 0.2) is 0 Å². The number of nitrogens with zero attached hydrogens (tertiary/aromatic N) is 2. The fourth-order valence-corrected chi connectivity index (χ4v) is 2.81. The van der Waals surface area contributed by atoms with Crippen LogP contribution < -0.4 is 4.72 Å². The Hall–Kier alpha value is -2.31. The Morgan fingerprint density at radius 2 is 1.95 bits per heavy atom. The first-order chi connectivity index (χ1) is 10.6. The van der Waals surface area contributed by atoms with E-state index in [1.807, 2.05) is 12.1 Å². The molecule has 0 unspecified atom stereocenters. The highest BCUT2D eigenvalue weighted by Gasteiger charge is 2.08. The zero-order valence-electron chi connectivity index (χ0n) is 11.2. The van der Waals surface area contributed by atoms with E-state index in [9.17, 15) is 4.79 Å². The van der Waals surface area contributed by atoms with E-state index in [2.05, 4.69) is 14.7 Å². The third-order valence-corrected chi connectivity index (χ3v) is 4.13. The highest BCUT2D eigenvalue weighted by atomic mass is 35.5. The molecule has 0 fully saturated rings. The van der Waals surface area contributed by atoms with Crippen LogP contribution in [0.2, 0.25) is 5.15 Å². The van der Waals surface area contributed by atoms with Crippen LogP contribution in [-0.2, 0) is 0 Å². The van der Waals surface area contributed by atoms with Gasteiger partial charge in [0, 0.05) is 23.5 Å². The van der Waals surface area contributed by atoms with Crippen LogP contribution in [0.5, 0.6) is 0 Å². The topological polar surface area (TPSA) is 75.1 Å². The molecule has 0 spiro atoms. The van der Waals surface area contributed by atoms with E-state index in [0.717, 1.165) is 21.5 Å². The third kappa shape index (κ3) is 2.98. The van der Waals surface area contributed by atoms with Gasteiger partial charge in [-0.05, 0) is 48.3 Å². The molecule has 1 aromatic carbocycles. The van der Waals surface area contributed by atoms with Crippen molar-refractivity contribution in [2.45, 2.75) is 4.90 Å². The second-order valence-electron chi connectivity index (χ2n) is 4.40. The summed E-state index contributed by atoms with van der Waals surface area (Å²) >= 11 is 7.40. The Bertz CT molecular complexity index is 840. The Labute approximate surface area is 135 Å². The van der Waals surface area contributed by atoms with Crippen LogP contribution in [0.15, 0.2) is 53.7 Å². The van der Waals surface area contributed by atoms with Gasteiger partial charge in [-0.15, -0.1) is 0 Å². The lowest BCUT2D eigenvalue weighted by Gasteiger charge is -2.08. The summed E-state index contributed by atoms with van der Waals surface area (Å²) in [7, 11) is 0. The maximum absolute atomic E-state index is 10.8. The van der Waals surface area contributed by atoms with Crippen molar-refractivity contribution in [3.8, 4) is 0 Å². The number of aromatic carboxylic acids is 1. The molecular weight excluding hydrogens is 322 g/mol. The van der Waals surface area contributed by atoms with Gasteiger partial charge in [-0.3, -0.25) is 4.98 Å². The summed E-state index contributed by atoms with van der Waals surface area (Å²) < 4.78 is 3.14. The van der Waals surface area contributed by atoms with Crippen LogP contribution in [0.25, 0.3) is 10.9 Å². The van der Waals surface area contributed by atoms with Crippen molar-refractivity contribution in [3.63, 3.8) is 0 Å². The number of aromatic nitrogens is 2. The van der Waals surface area contributed by atoms with Crippen LogP contribution in [0.4, 0.5) is 5.69 Å². The minimum atomic E-state index is -0.948. The molecule has 5 nitrogen and oxygen atoms in total. The molecule has 0 amide bonds. The molecule has 0 bridgehead atoms. The largest absolute Gasteiger partial charge is 0.478 e. The maximum Gasteiger partial charge on any atom is 0.335 e. The van der Waals surface area contributed by atoms with Gasteiger partial charge in [0.25, 0.3) is 0 Å². The van der Waals surface area contributed by atoms with Gasteiger partial charge in [-0.1, -0.05) is 11.6 Å². The summed E-state index contributed by atoms with van der Waals surface area (Å²) in [6, 6.07) is 10.2. The quantitative estimate of drug-likeness (QED) is 0.553. The number of nitrogens with one attached hydrogen (secondary N) is 1. The van der Waals surface area contributed by atoms with Gasteiger partial charge in [0.05, 0.1) is 16.0 Å². The minimum Gasteiger partial charge on any atom is -0.478 e. The summed E-state index contributed by atoms with van der Waals surface area (Å²) in [6.07, 6.45) is 3.35. The van der Waals surface area contributed by atoms with Crippen LogP contribution in [-0.4, -0.2) is 21.0 Å². The molecule has 3 rings (SSSR count). The van der Waals surface area contributed by atoms with Gasteiger partial charge in [-0.2, -0.15) is 0 Å². The van der Waals surface area contributed by atoms with E-state index in [4.69, 9.17) is 16.7 Å². The Morgan fingerprint density at radius 1 is 1.18 bits per heavy atom. The molecule has 7 heteroatoms. The van der Waals surface area contributed by atoms with Crippen molar-refractivity contribution >= 4 is 46.1 Å². The fraction of sp³-hybridized carbons (Fsp3) is 0. The van der Waals surface area contributed by atoms with Gasteiger partial charge in [0.2, 0.25) is 0 Å². The minimum absolute atomic E-state index is 0.246. The first-order valence-corrected chi connectivity index (χ1v) is 7.50.